The largest absolute Gasteiger partial charge is 0.444 e. The average molecular weight is 528 g/mol. The molecule has 172 valence electrons. The van der Waals surface area contributed by atoms with Crippen LogP contribution in [0, 0.1) is 5.41 Å². The van der Waals surface area contributed by atoms with Gasteiger partial charge in [0.1, 0.15) is 5.60 Å². The van der Waals surface area contributed by atoms with Crippen LogP contribution in [0.15, 0.2) is 4.99 Å². The third kappa shape index (κ3) is 11.2. The predicted octanol–water partition coefficient (Wildman–Crippen LogP) is 2.60. The van der Waals surface area contributed by atoms with Crippen LogP contribution < -0.4 is 10.6 Å². The van der Waals surface area contributed by atoms with Crippen LogP contribution in [-0.2, 0) is 9.47 Å². The molecular weight excluding hydrogens is 487 g/mol. The highest BCUT2D eigenvalue weighted by molar-refractivity contribution is 14.0. The van der Waals surface area contributed by atoms with Crippen molar-refractivity contribution < 1.29 is 19.4 Å². The molecule has 0 aromatic heterocycles. The van der Waals surface area contributed by atoms with Crippen LogP contribution in [-0.4, -0.2) is 80.2 Å². The molecule has 1 amide bonds. The van der Waals surface area contributed by atoms with E-state index in [1.165, 1.54) is 0 Å². The van der Waals surface area contributed by atoms with Crippen molar-refractivity contribution in [2.24, 2.45) is 10.4 Å². The summed E-state index contributed by atoms with van der Waals surface area (Å²) in [5, 5.41) is 15.9. The summed E-state index contributed by atoms with van der Waals surface area (Å²) in [4.78, 5) is 18.8. The van der Waals surface area contributed by atoms with E-state index in [0.717, 1.165) is 26.0 Å². The Morgan fingerprint density at radius 1 is 1.28 bits per heavy atom. The maximum atomic E-state index is 12.4. The molecule has 29 heavy (non-hydrogen) atoms. The number of halogens is 1. The van der Waals surface area contributed by atoms with E-state index in [1.807, 2.05) is 34.6 Å². The van der Waals surface area contributed by atoms with E-state index in [-0.39, 0.29) is 42.1 Å². The van der Waals surface area contributed by atoms with Gasteiger partial charge in [-0.25, -0.2) is 4.79 Å². The van der Waals surface area contributed by atoms with Gasteiger partial charge in [0, 0.05) is 44.8 Å². The Bertz CT molecular complexity index is 491. The molecule has 0 radical (unpaired) electrons. The van der Waals surface area contributed by atoms with Crippen molar-refractivity contribution >= 4 is 36.0 Å². The van der Waals surface area contributed by atoms with Crippen molar-refractivity contribution in [3.8, 4) is 0 Å². The van der Waals surface area contributed by atoms with Gasteiger partial charge in [0.05, 0.1) is 13.2 Å². The van der Waals surface area contributed by atoms with E-state index in [1.54, 1.807) is 4.90 Å². The quantitative estimate of drug-likeness (QED) is 0.229. The highest BCUT2D eigenvalue weighted by atomic mass is 127. The van der Waals surface area contributed by atoms with Gasteiger partial charge >= 0.3 is 6.09 Å². The van der Waals surface area contributed by atoms with Gasteiger partial charge in [-0.05, 0) is 47.0 Å². The number of aliphatic hydroxyl groups excluding tert-OH is 1. The summed E-state index contributed by atoms with van der Waals surface area (Å²) in [7, 11) is 0. The van der Waals surface area contributed by atoms with Gasteiger partial charge in [0.15, 0.2) is 5.96 Å². The number of ether oxygens (including phenoxy) is 2. The molecule has 0 saturated carbocycles. The van der Waals surface area contributed by atoms with Crippen molar-refractivity contribution in [2.75, 3.05) is 52.5 Å². The van der Waals surface area contributed by atoms with Crippen LogP contribution in [0.2, 0.25) is 0 Å². The summed E-state index contributed by atoms with van der Waals surface area (Å²) < 4.78 is 11.0. The van der Waals surface area contributed by atoms with Crippen LogP contribution in [0.1, 0.15) is 53.9 Å². The van der Waals surface area contributed by atoms with E-state index in [2.05, 4.69) is 10.6 Å². The van der Waals surface area contributed by atoms with Gasteiger partial charge in [-0.2, -0.15) is 0 Å². The first-order valence-electron chi connectivity index (χ1n) is 10.4. The SMILES string of the molecule is CCCN(CCNC(=NCC1(CCO)CCOC1)NCC)C(=O)OC(C)(C)C.I. The fraction of sp³-hybridized carbons (Fsp3) is 0.900. The minimum absolute atomic E-state index is 0. The zero-order chi connectivity index (χ0) is 21.0. The Hall–Kier alpha value is -0.810. The van der Waals surface area contributed by atoms with Gasteiger partial charge in [0.25, 0.3) is 0 Å². The molecule has 1 aliphatic rings. The molecule has 1 unspecified atom stereocenters. The number of aliphatic hydroxyl groups is 1. The number of carbonyl (C=O) groups is 1. The molecule has 3 N–H and O–H groups in total. The first-order chi connectivity index (χ1) is 13.2. The molecule has 1 heterocycles. The van der Waals surface area contributed by atoms with Crippen LogP contribution in [0.4, 0.5) is 4.79 Å². The van der Waals surface area contributed by atoms with Crippen LogP contribution in [0.3, 0.4) is 0 Å². The molecular formula is C20H41IN4O4. The second kappa shape index (κ2) is 14.2. The predicted molar refractivity (Wildman–Crippen MR) is 127 cm³/mol. The Balaban J connectivity index is 0.00000784. The number of nitrogens with zero attached hydrogens (tertiary/aromatic N) is 2. The van der Waals surface area contributed by atoms with Gasteiger partial charge < -0.3 is 30.1 Å². The normalized spacial score (nSPS) is 19.4. The van der Waals surface area contributed by atoms with Crippen molar-refractivity contribution in [1.82, 2.24) is 15.5 Å². The van der Waals surface area contributed by atoms with Crippen molar-refractivity contribution in [3.05, 3.63) is 0 Å². The smallest absolute Gasteiger partial charge is 0.410 e. The lowest BCUT2D eigenvalue weighted by molar-refractivity contribution is 0.0253. The second-order valence-corrected chi connectivity index (χ2v) is 8.37. The molecule has 9 heteroatoms. The maximum Gasteiger partial charge on any atom is 0.410 e. The lowest BCUT2D eigenvalue weighted by atomic mass is 9.84. The molecule has 0 aromatic rings. The summed E-state index contributed by atoms with van der Waals surface area (Å²) in [6, 6.07) is 0. The second-order valence-electron chi connectivity index (χ2n) is 8.37. The Morgan fingerprint density at radius 3 is 2.52 bits per heavy atom. The van der Waals surface area contributed by atoms with E-state index in [9.17, 15) is 9.90 Å². The topological polar surface area (TPSA) is 95.4 Å². The third-order valence-corrected chi connectivity index (χ3v) is 4.56. The molecule has 1 saturated heterocycles. The zero-order valence-electron chi connectivity index (χ0n) is 18.8. The fourth-order valence-electron chi connectivity index (χ4n) is 3.08. The van der Waals surface area contributed by atoms with Gasteiger partial charge in [-0.1, -0.05) is 6.92 Å². The molecule has 8 nitrogen and oxygen atoms in total. The lowest BCUT2D eigenvalue weighted by Crippen LogP contribution is -2.45. The maximum absolute atomic E-state index is 12.4. The summed E-state index contributed by atoms with van der Waals surface area (Å²) >= 11 is 0. The van der Waals surface area contributed by atoms with Gasteiger partial charge in [-0.15, -0.1) is 24.0 Å². The van der Waals surface area contributed by atoms with Crippen molar-refractivity contribution in [1.29, 1.82) is 0 Å². The monoisotopic (exact) mass is 528 g/mol. The molecule has 1 rings (SSSR count). The highest BCUT2D eigenvalue weighted by Gasteiger charge is 2.34. The number of hydrogen-bond acceptors (Lipinski definition) is 5. The number of guanidine groups is 1. The van der Waals surface area contributed by atoms with Gasteiger partial charge in [-0.3, -0.25) is 4.99 Å². The number of rotatable bonds is 10. The van der Waals surface area contributed by atoms with Crippen LogP contribution in [0.5, 0.6) is 0 Å². The number of nitrogens with one attached hydrogen (secondary N) is 2. The molecule has 1 fully saturated rings. The molecule has 0 bridgehead atoms. The van der Waals surface area contributed by atoms with Crippen LogP contribution in [0.25, 0.3) is 0 Å². The Labute approximate surface area is 193 Å². The lowest BCUT2D eigenvalue weighted by Gasteiger charge is -2.27. The third-order valence-electron chi connectivity index (χ3n) is 4.56. The standard InChI is InChI=1S/C20H40N4O4.HI/c1-6-11-24(18(26)28-19(3,4)5)12-10-22-17(21-7-2)23-15-20(8-13-25)9-14-27-16-20;/h25H,6-16H2,1-5H3,(H2,21,22,23);1H. The minimum Gasteiger partial charge on any atom is -0.444 e. The van der Waals surface area contributed by atoms with E-state index < -0.39 is 5.60 Å². The van der Waals surface area contributed by atoms with Crippen molar-refractivity contribution in [3.63, 3.8) is 0 Å². The summed E-state index contributed by atoms with van der Waals surface area (Å²) in [5.74, 6) is 0.715. The first-order valence-corrected chi connectivity index (χ1v) is 10.4. The minimum atomic E-state index is -0.503. The summed E-state index contributed by atoms with van der Waals surface area (Å²) in [5.41, 5.74) is -0.584. The van der Waals surface area contributed by atoms with Gasteiger partial charge in [0.2, 0.25) is 0 Å². The first kappa shape index (κ1) is 28.2. The Morgan fingerprint density at radius 2 is 2.00 bits per heavy atom. The highest BCUT2D eigenvalue weighted by Crippen LogP contribution is 2.32. The van der Waals surface area contributed by atoms with Crippen molar-refractivity contribution in [2.45, 2.75) is 59.5 Å². The van der Waals surface area contributed by atoms with E-state index in [4.69, 9.17) is 14.5 Å². The molecule has 1 atom stereocenters. The number of hydrogen-bond donors (Lipinski definition) is 3. The number of carbonyl (C=O) groups excluding carboxylic acids is 1. The number of amides is 1. The molecule has 1 aliphatic heterocycles. The van der Waals surface area contributed by atoms with E-state index >= 15 is 0 Å². The summed E-state index contributed by atoms with van der Waals surface area (Å²) in [6.07, 6.45) is 2.19. The Kier molecular flexibility index (Phi) is 13.8. The average Bonchev–Trinajstić information content (AvgIpc) is 3.06. The van der Waals surface area contributed by atoms with E-state index in [0.29, 0.717) is 45.2 Å². The summed E-state index contributed by atoms with van der Waals surface area (Å²) in [6.45, 7) is 14.3. The molecule has 0 aromatic carbocycles. The zero-order valence-corrected chi connectivity index (χ0v) is 21.1. The molecule has 0 aliphatic carbocycles. The van der Waals surface area contributed by atoms with Crippen LogP contribution >= 0.6 is 24.0 Å². The number of aliphatic imine (C=N–C) groups is 1. The fourth-order valence-corrected chi connectivity index (χ4v) is 3.08. The molecule has 0 spiro atoms.